The van der Waals surface area contributed by atoms with Crippen LogP contribution < -0.4 is 11.3 Å². The Morgan fingerprint density at radius 3 is 2.50 bits per heavy atom. The third kappa shape index (κ3) is 3.90. The van der Waals surface area contributed by atoms with Crippen molar-refractivity contribution in [2.75, 3.05) is 0 Å². The molecule has 0 bridgehead atoms. The van der Waals surface area contributed by atoms with Crippen LogP contribution in [-0.2, 0) is 0 Å². The van der Waals surface area contributed by atoms with Gasteiger partial charge in [0.1, 0.15) is 5.69 Å². The van der Waals surface area contributed by atoms with Crippen LogP contribution in [-0.4, -0.2) is 24.7 Å². The van der Waals surface area contributed by atoms with Crippen LogP contribution in [0.4, 0.5) is 0 Å². The fourth-order valence-electron chi connectivity index (χ4n) is 3.07. The second kappa shape index (κ2) is 8.00. The van der Waals surface area contributed by atoms with E-state index in [4.69, 9.17) is 10.2 Å². The molecule has 4 aromatic rings. The highest BCUT2D eigenvalue weighted by molar-refractivity contribution is 5.61. The zero-order valence-corrected chi connectivity index (χ0v) is 17.0. The SMILES string of the molecule is CC(N)c1cccc(-c2nnc(-c3cncc(-c4ccc(=O)n(C(C)C)c4)n3)o2)c1. The van der Waals surface area contributed by atoms with E-state index in [1.165, 1.54) is 6.07 Å². The first-order valence-electron chi connectivity index (χ1n) is 9.67. The van der Waals surface area contributed by atoms with E-state index in [0.717, 1.165) is 16.7 Å². The van der Waals surface area contributed by atoms with E-state index in [1.54, 1.807) is 29.2 Å². The molecule has 0 spiro atoms. The molecular weight excluding hydrogens is 380 g/mol. The molecule has 0 saturated heterocycles. The summed E-state index contributed by atoms with van der Waals surface area (Å²) >= 11 is 0. The van der Waals surface area contributed by atoms with Gasteiger partial charge in [0.2, 0.25) is 5.89 Å². The average Bonchev–Trinajstić information content (AvgIpc) is 3.24. The van der Waals surface area contributed by atoms with E-state index in [2.05, 4.69) is 20.2 Å². The number of pyridine rings is 1. The molecule has 0 aliphatic rings. The van der Waals surface area contributed by atoms with E-state index in [0.29, 0.717) is 17.3 Å². The van der Waals surface area contributed by atoms with Crippen LogP contribution in [0, 0.1) is 0 Å². The lowest BCUT2D eigenvalue weighted by Gasteiger charge is -2.11. The van der Waals surface area contributed by atoms with Crippen molar-refractivity contribution in [1.82, 2.24) is 24.7 Å². The smallest absolute Gasteiger partial charge is 0.268 e. The second-order valence-corrected chi connectivity index (χ2v) is 7.37. The van der Waals surface area contributed by atoms with Gasteiger partial charge in [-0.2, -0.15) is 0 Å². The first-order chi connectivity index (χ1) is 14.4. The zero-order chi connectivity index (χ0) is 21.3. The Bertz CT molecular complexity index is 1240. The van der Waals surface area contributed by atoms with E-state index in [9.17, 15) is 4.79 Å². The molecule has 4 rings (SSSR count). The van der Waals surface area contributed by atoms with E-state index in [-0.39, 0.29) is 23.5 Å². The third-order valence-electron chi connectivity index (χ3n) is 4.73. The summed E-state index contributed by atoms with van der Waals surface area (Å²) in [6, 6.07) is 10.9. The van der Waals surface area contributed by atoms with Crippen LogP contribution in [0.1, 0.15) is 38.4 Å². The molecule has 0 aliphatic heterocycles. The Balaban J connectivity index is 1.68. The molecule has 0 saturated carbocycles. The Morgan fingerprint density at radius 2 is 1.73 bits per heavy atom. The number of nitrogens with two attached hydrogens (primary N) is 1. The van der Waals surface area contributed by atoms with Gasteiger partial charge in [-0.05, 0) is 44.5 Å². The monoisotopic (exact) mass is 402 g/mol. The van der Waals surface area contributed by atoms with Crippen molar-refractivity contribution in [3.8, 4) is 34.3 Å². The molecule has 30 heavy (non-hydrogen) atoms. The van der Waals surface area contributed by atoms with Gasteiger partial charge < -0.3 is 14.7 Å². The molecular formula is C22H22N6O2. The van der Waals surface area contributed by atoms with Gasteiger partial charge in [-0.1, -0.05) is 12.1 Å². The largest absolute Gasteiger partial charge is 0.415 e. The van der Waals surface area contributed by atoms with Crippen molar-refractivity contribution in [3.63, 3.8) is 0 Å². The van der Waals surface area contributed by atoms with Crippen molar-refractivity contribution < 1.29 is 4.42 Å². The van der Waals surface area contributed by atoms with Gasteiger partial charge in [0.15, 0.2) is 0 Å². The van der Waals surface area contributed by atoms with Crippen molar-refractivity contribution in [1.29, 1.82) is 0 Å². The lowest BCUT2D eigenvalue weighted by molar-refractivity contribution is 0.578. The highest BCUT2D eigenvalue weighted by atomic mass is 16.4. The van der Waals surface area contributed by atoms with Crippen LogP contribution in [0.3, 0.4) is 0 Å². The highest BCUT2D eigenvalue weighted by Gasteiger charge is 2.14. The van der Waals surface area contributed by atoms with E-state index in [1.807, 2.05) is 45.0 Å². The highest BCUT2D eigenvalue weighted by Crippen LogP contribution is 2.26. The van der Waals surface area contributed by atoms with Gasteiger partial charge in [0.05, 0.1) is 18.1 Å². The summed E-state index contributed by atoms with van der Waals surface area (Å²) in [6.07, 6.45) is 4.98. The minimum Gasteiger partial charge on any atom is -0.415 e. The maximum atomic E-state index is 12.0. The first-order valence-corrected chi connectivity index (χ1v) is 9.67. The topological polar surface area (TPSA) is 113 Å². The number of nitrogens with zero attached hydrogens (tertiary/aromatic N) is 5. The van der Waals surface area contributed by atoms with Crippen molar-refractivity contribution in [2.24, 2.45) is 5.73 Å². The fraction of sp³-hybridized carbons (Fsp3) is 0.227. The Kier molecular flexibility index (Phi) is 5.24. The van der Waals surface area contributed by atoms with Crippen LogP contribution in [0.25, 0.3) is 34.3 Å². The predicted octanol–water partition coefficient (Wildman–Crippen LogP) is 3.62. The summed E-state index contributed by atoms with van der Waals surface area (Å²) in [7, 11) is 0. The van der Waals surface area contributed by atoms with Crippen LogP contribution >= 0.6 is 0 Å². The van der Waals surface area contributed by atoms with Gasteiger partial charge in [-0.25, -0.2) is 4.98 Å². The Hall–Kier alpha value is -3.65. The molecule has 1 atom stereocenters. The predicted molar refractivity (Wildman–Crippen MR) is 113 cm³/mol. The summed E-state index contributed by atoms with van der Waals surface area (Å²) in [5.41, 5.74) is 9.52. The quantitative estimate of drug-likeness (QED) is 0.542. The minimum absolute atomic E-state index is 0.0408. The summed E-state index contributed by atoms with van der Waals surface area (Å²) < 4.78 is 7.49. The molecule has 0 amide bonds. The maximum absolute atomic E-state index is 12.0. The average molecular weight is 402 g/mol. The van der Waals surface area contributed by atoms with Gasteiger partial charge in [0.25, 0.3) is 11.4 Å². The number of hydrogen-bond donors (Lipinski definition) is 1. The maximum Gasteiger partial charge on any atom is 0.268 e. The molecule has 0 aliphatic carbocycles. The van der Waals surface area contributed by atoms with Gasteiger partial charge >= 0.3 is 0 Å². The molecule has 2 N–H and O–H groups in total. The molecule has 8 nitrogen and oxygen atoms in total. The Morgan fingerprint density at radius 1 is 0.967 bits per heavy atom. The first kappa shape index (κ1) is 19.7. The van der Waals surface area contributed by atoms with Crippen LogP contribution in [0.15, 0.2) is 64.2 Å². The lowest BCUT2D eigenvalue weighted by atomic mass is 10.1. The van der Waals surface area contributed by atoms with E-state index < -0.39 is 0 Å². The van der Waals surface area contributed by atoms with Gasteiger partial charge in [0, 0.05) is 35.5 Å². The van der Waals surface area contributed by atoms with E-state index >= 15 is 0 Å². The zero-order valence-electron chi connectivity index (χ0n) is 17.0. The summed E-state index contributed by atoms with van der Waals surface area (Å²) in [5, 5.41) is 8.27. The fourth-order valence-corrected chi connectivity index (χ4v) is 3.07. The number of aromatic nitrogens is 5. The summed E-state index contributed by atoms with van der Waals surface area (Å²) in [4.78, 5) is 20.9. The Labute approximate surface area is 173 Å². The lowest BCUT2D eigenvalue weighted by Crippen LogP contribution is -2.20. The molecule has 1 unspecified atom stereocenters. The molecule has 0 fully saturated rings. The molecule has 3 aromatic heterocycles. The molecule has 1 aromatic carbocycles. The normalized spacial score (nSPS) is 12.3. The number of benzene rings is 1. The summed E-state index contributed by atoms with van der Waals surface area (Å²) in [5.74, 6) is 0.649. The number of hydrogen-bond acceptors (Lipinski definition) is 7. The molecule has 8 heteroatoms. The number of rotatable bonds is 5. The third-order valence-corrected chi connectivity index (χ3v) is 4.73. The van der Waals surface area contributed by atoms with Crippen molar-refractivity contribution in [2.45, 2.75) is 32.9 Å². The van der Waals surface area contributed by atoms with Crippen LogP contribution in [0.5, 0.6) is 0 Å². The van der Waals surface area contributed by atoms with Gasteiger partial charge in [-0.15, -0.1) is 10.2 Å². The molecule has 152 valence electrons. The summed E-state index contributed by atoms with van der Waals surface area (Å²) in [6.45, 7) is 5.82. The van der Waals surface area contributed by atoms with Crippen molar-refractivity contribution in [3.05, 3.63) is 70.9 Å². The van der Waals surface area contributed by atoms with Crippen LogP contribution in [0.2, 0.25) is 0 Å². The van der Waals surface area contributed by atoms with Gasteiger partial charge in [-0.3, -0.25) is 9.78 Å². The second-order valence-electron chi connectivity index (χ2n) is 7.37. The standard InChI is InChI=1S/C22H22N6O2/c1-13(2)28-12-17(7-8-20(28)29)18-10-24-11-19(25-18)22-27-26-21(30-22)16-6-4-5-15(9-16)14(3)23/h4-14H,23H2,1-3H3. The molecule has 3 heterocycles. The minimum atomic E-state index is -0.0935. The molecule has 0 radical (unpaired) electrons. The van der Waals surface area contributed by atoms with Crippen molar-refractivity contribution >= 4 is 0 Å².